The van der Waals surface area contributed by atoms with Crippen LogP contribution in [0.4, 0.5) is 11.4 Å². The van der Waals surface area contributed by atoms with Gasteiger partial charge < -0.3 is 15.4 Å². The second-order valence-corrected chi connectivity index (χ2v) is 5.76. The Balaban J connectivity index is 1.69. The van der Waals surface area contributed by atoms with Crippen LogP contribution < -0.4 is 15.4 Å². The van der Waals surface area contributed by atoms with Crippen molar-refractivity contribution in [2.45, 2.75) is 18.9 Å². The normalized spacial score (nSPS) is 18.5. The predicted octanol–water partition coefficient (Wildman–Crippen LogP) is 3.97. The van der Waals surface area contributed by atoms with Crippen LogP contribution in [-0.2, 0) is 0 Å². The second kappa shape index (κ2) is 6.27. The molecule has 0 amide bonds. The zero-order valence-corrected chi connectivity index (χ0v) is 12.6. The summed E-state index contributed by atoms with van der Waals surface area (Å²) in [6.45, 7) is 1.95. The smallest absolute Gasteiger partial charge is 0.138 e. The molecule has 0 radical (unpaired) electrons. The van der Waals surface area contributed by atoms with Gasteiger partial charge in [-0.1, -0.05) is 29.8 Å². The second-order valence-electron chi connectivity index (χ2n) is 5.35. The van der Waals surface area contributed by atoms with Crippen molar-refractivity contribution in [2.75, 3.05) is 23.7 Å². The molecule has 0 unspecified atom stereocenters. The molecule has 3 nitrogen and oxygen atoms in total. The van der Waals surface area contributed by atoms with Gasteiger partial charge in [-0.2, -0.15) is 0 Å². The summed E-state index contributed by atoms with van der Waals surface area (Å²) in [7, 11) is 0. The maximum absolute atomic E-state index is 6.18. The summed E-state index contributed by atoms with van der Waals surface area (Å²) in [5, 5.41) is 0.576. The van der Waals surface area contributed by atoms with Gasteiger partial charge in [0.25, 0.3) is 0 Å². The maximum Gasteiger partial charge on any atom is 0.138 e. The average Bonchev–Trinajstić information content (AvgIpc) is 2.51. The number of nitrogens with two attached hydrogens (primary N) is 1. The Bertz CT molecular complexity index is 603. The van der Waals surface area contributed by atoms with E-state index < -0.39 is 0 Å². The number of benzene rings is 2. The fraction of sp³-hybridized carbons (Fsp3) is 0.294. The fourth-order valence-electron chi connectivity index (χ4n) is 2.70. The van der Waals surface area contributed by atoms with E-state index in [-0.39, 0.29) is 6.10 Å². The van der Waals surface area contributed by atoms with E-state index >= 15 is 0 Å². The van der Waals surface area contributed by atoms with E-state index in [0.717, 1.165) is 25.9 Å². The molecule has 2 aromatic carbocycles. The number of nitrogen functional groups attached to an aromatic ring is 1. The third-order valence-corrected chi connectivity index (χ3v) is 4.04. The van der Waals surface area contributed by atoms with Gasteiger partial charge in [0.15, 0.2) is 0 Å². The van der Waals surface area contributed by atoms with Crippen LogP contribution in [0.1, 0.15) is 12.8 Å². The van der Waals surface area contributed by atoms with Crippen molar-refractivity contribution in [1.29, 1.82) is 0 Å². The lowest BCUT2D eigenvalue weighted by atomic mass is 10.1. The highest BCUT2D eigenvalue weighted by Crippen LogP contribution is 2.29. The lowest BCUT2D eigenvalue weighted by Crippen LogP contribution is -2.41. The van der Waals surface area contributed by atoms with Gasteiger partial charge in [-0.15, -0.1) is 0 Å². The summed E-state index contributed by atoms with van der Waals surface area (Å²) < 4.78 is 6.06. The van der Waals surface area contributed by atoms with Gasteiger partial charge in [0.1, 0.15) is 11.9 Å². The topological polar surface area (TPSA) is 38.5 Å². The van der Waals surface area contributed by atoms with Crippen molar-refractivity contribution in [3.63, 3.8) is 0 Å². The Hall–Kier alpha value is -1.87. The summed E-state index contributed by atoms with van der Waals surface area (Å²) in [6.07, 6.45) is 2.32. The van der Waals surface area contributed by atoms with Gasteiger partial charge in [-0.05, 0) is 43.2 Å². The standard InChI is InChI=1S/C17H19ClN2O/c18-16-11-13(19)8-9-17(16)21-15-7-4-10-20(12-15)14-5-2-1-3-6-14/h1-3,5-6,8-9,11,15H,4,7,10,12,19H2/t15-/m0/s1. The van der Waals surface area contributed by atoms with Crippen molar-refractivity contribution in [1.82, 2.24) is 0 Å². The summed E-state index contributed by atoms with van der Waals surface area (Å²) in [4.78, 5) is 2.36. The third-order valence-electron chi connectivity index (χ3n) is 3.75. The van der Waals surface area contributed by atoms with Gasteiger partial charge in [0.05, 0.1) is 11.6 Å². The summed E-state index contributed by atoms with van der Waals surface area (Å²) in [5.41, 5.74) is 7.61. The Morgan fingerprint density at radius 3 is 2.71 bits per heavy atom. The number of hydrogen-bond acceptors (Lipinski definition) is 3. The number of anilines is 2. The monoisotopic (exact) mass is 302 g/mol. The zero-order valence-electron chi connectivity index (χ0n) is 11.8. The first-order valence-corrected chi connectivity index (χ1v) is 7.62. The van der Waals surface area contributed by atoms with Crippen molar-refractivity contribution < 1.29 is 4.74 Å². The van der Waals surface area contributed by atoms with E-state index in [0.29, 0.717) is 16.5 Å². The quantitative estimate of drug-likeness (QED) is 0.872. The van der Waals surface area contributed by atoms with Gasteiger partial charge in [-0.25, -0.2) is 0 Å². The zero-order chi connectivity index (χ0) is 14.7. The molecule has 1 saturated heterocycles. The van der Waals surface area contributed by atoms with Crippen LogP contribution in [-0.4, -0.2) is 19.2 Å². The molecule has 2 aromatic rings. The van der Waals surface area contributed by atoms with E-state index in [1.54, 1.807) is 6.07 Å². The molecule has 1 fully saturated rings. The molecule has 0 bridgehead atoms. The molecule has 1 atom stereocenters. The van der Waals surface area contributed by atoms with Crippen LogP contribution in [0.25, 0.3) is 0 Å². The van der Waals surface area contributed by atoms with E-state index in [9.17, 15) is 0 Å². The molecular formula is C17H19ClN2O. The van der Waals surface area contributed by atoms with E-state index in [1.165, 1.54) is 5.69 Å². The van der Waals surface area contributed by atoms with Crippen LogP contribution in [0.3, 0.4) is 0 Å². The van der Waals surface area contributed by atoms with Crippen LogP contribution in [0.5, 0.6) is 5.75 Å². The van der Waals surface area contributed by atoms with Gasteiger partial charge in [0, 0.05) is 17.9 Å². The Labute approximate surface area is 130 Å². The molecule has 0 saturated carbocycles. The first-order valence-electron chi connectivity index (χ1n) is 7.24. The molecule has 4 heteroatoms. The fourth-order valence-corrected chi connectivity index (χ4v) is 2.93. The Morgan fingerprint density at radius 2 is 1.95 bits per heavy atom. The third kappa shape index (κ3) is 3.42. The minimum Gasteiger partial charge on any atom is -0.487 e. The van der Waals surface area contributed by atoms with Crippen molar-refractivity contribution in [3.05, 3.63) is 53.6 Å². The summed E-state index contributed by atoms with van der Waals surface area (Å²) in [6, 6.07) is 15.8. The van der Waals surface area contributed by atoms with E-state index in [2.05, 4.69) is 29.2 Å². The first kappa shape index (κ1) is 14.1. The lowest BCUT2D eigenvalue weighted by molar-refractivity contribution is 0.179. The highest BCUT2D eigenvalue weighted by molar-refractivity contribution is 6.32. The van der Waals surface area contributed by atoms with Crippen molar-refractivity contribution >= 4 is 23.0 Å². The van der Waals surface area contributed by atoms with Gasteiger partial charge >= 0.3 is 0 Å². The van der Waals surface area contributed by atoms with Gasteiger partial charge in [0.2, 0.25) is 0 Å². The van der Waals surface area contributed by atoms with E-state index in [1.807, 2.05) is 18.2 Å². The summed E-state index contributed by atoms with van der Waals surface area (Å²) in [5.74, 6) is 0.714. The molecule has 1 aliphatic rings. The maximum atomic E-state index is 6.18. The number of halogens is 1. The van der Waals surface area contributed by atoms with Crippen LogP contribution in [0, 0.1) is 0 Å². The number of para-hydroxylation sites is 1. The molecule has 2 N–H and O–H groups in total. The highest BCUT2D eigenvalue weighted by Gasteiger charge is 2.22. The first-order chi connectivity index (χ1) is 10.2. The number of ether oxygens (including phenoxy) is 1. The van der Waals surface area contributed by atoms with Crippen LogP contribution in [0.15, 0.2) is 48.5 Å². The molecule has 0 aliphatic carbocycles. The molecule has 1 aliphatic heterocycles. The molecule has 21 heavy (non-hydrogen) atoms. The minimum absolute atomic E-state index is 0.153. The highest BCUT2D eigenvalue weighted by atomic mass is 35.5. The molecule has 3 rings (SSSR count). The molecule has 0 aromatic heterocycles. The SMILES string of the molecule is Nc1ccc(O[C@H]2CCCN(c3ccccc3)C2)c(Cl)c1. The molecular weight excluding hydrogens is 284 g/mol. The average molecular weight is 303 g/mol. The van der Waals surface area contributed by atoms with Crippen LogP contribution in [0.2, 0.25) is 5.02 Å². The largest absolute Gasteiger partial charge is 0.487 e. The van der Waals surface area contributed by atoms with Crippen molar-refractivity contribution in [3.8, 4) is 5.75 Å². The van der Waals surface area contributed by atoms with Crippen LogP contribution >= 0.6 is 11.6 Å². The molecule has 1 heterocycles. The van der Waals surface area contributed by atoms with Gasteiger partial charge in [-0.3, -0.25) is 0 Å². The number of hydrogen-bond donors (Lipinski definition) is 1. The molecule has 0 spiro atoms. The Kier molecular flexibility index (Phi) is 4.20. The number of nitrogens with zero attached hydrogens (tertiary/aromatic N) is 1. The lowest BCUT2D eigenvalue weighted by Gasteiger charge is -2.34. The van der Waals surface area contributed by atoms with Crippen molar-refractivity contribution in [2.24, 2.45) is 0 Å². The number of piperidine rings is 1. The Morgan fingerprint density at radius 1 is 1.14 bits per heavy atom. The predicted molar refractivity (Wildman–Crippen MR) is 88.2 cm³/mol. The molecule has 110 valence electrons. The minimum atomic E-state index is 0.153. The van der Waals surface area contributed by atoms with E-state index in [4.69, 9.17) is 22.1 Å². The summed E-state index contributed by atoms with van der Waals surface area (Å²) >= 11 is 6.18. The number of rotatable bonds is 3.